The Kier molecular flexibility index (Phi) is 42.7. The van der Waals surface area contributed by atoms with Gasteiger partial charge in [-0.25, -0.2) is 4.79 Å². The van der Waals surface area contributed by atoms with Crippen molar-refractivity contribution in [2.75, 3.05) is 23.0 Å². The molecule has 5 heteroatoms. The minimum absolute atomic E-state index is 0.577. The van der Waals surface area contributed by atoms with Crippen LogP contribution in [-0.2, 0) is 4.79 Å². The molecule has 0 rings (SSSR count). The topological polar surface area (TPSA) is 37.3 Å². The van der Waals surface area contributed by atoms with Gasteiger partial charge in [0.2, 0.25) is 0 Å². The summed E-state index contributed by atoms with van der Waals surface area (Å²) < 4.78 is -0.669. The maximum atomic E-state index is 12.8. The molecule has 0 spiro atoms. The second kappa shape index (κ2) is 42.3. The van der Waals surface area contributed by atoms with Gasteiger partial charge in [-0.15, -0.1) is 23.5 Å². The SMILES string of the molecule is CCCCCCCCCCCCCCCCCCSC(CSCCCCCCCCCCCC)(SCCCCCCCCCCCC)C(=O)O. The summed E-state index contributed by atoms with van der Waals surface area (Å²) in [6.07, 6.45) is 49.1. The number of carboxylic acid groups (broad SMARTS) is 1. The van der Waals surface area contributed by atoms with Crippen LogP contribution in [0, 0.1) is 0 Å². The van der Waals surface area contributed by atoms with Crippen molar-refractivity contribution in [3.05, 3.63) is 0 Å². The number of hydrogen-bond donors (Lipinski definition) is 1. The number of thioether (sulfide) groups is 3. The Bertz CT molecular complexity index is 660. The van der Waals surface area contributed by atoms with E-state index >= 15 is 0 Å². The highest BCUT2D eigenvalue weighted by atomic mass is 32.2. The van der Waals surface area contributed by atoms with Crippen molar-refractivity contribution in [2.24, 2.45) is 0 Å². The van der Waals surface area contributed by atoms with Gasteiger partial charge in [-0.2, -0.15) is 11.8 Å². The van der Waals surface area contributed by atoms with Crippen LogP contribution < -0.4 is 0 Å². The van der Waals surface area contributed by atoms with Gasteiger partial charge in [0, 0.05) is 5.75 Å². The summed E-state index contributed by atoms with van der Waals surface area (Å²) in [6.45, 7) is 6.87. The highest BCUT2D eigenvalue weighted by molar-refractivity contribution is 8.20. The molecule has 0 aliphatic carbocycles. The number of hydrogen-bond acceptors (Lipinski definition) is 4. The van der Waals surface area contributed by atoms with E-state index in [0.29, 0.717) is 0 Å². The van der Waals surface area contributed by atoms with Crippen LogP contribution in [0.3, 0.4) is 0 Å². The quantitative estimate of drug-likeness (QED) is 0.0495. The molecular formula is C45H90O2S3. The normalized spacial score (nSPS) is 12.9. The Balaban J connectivity index is 4.29. The van der Waals surface area contributed by atoms with Crippen molar-refractivity contribution >= 4 is 41.3 Å². The highest BCUT2D eigenvalue weighted by Gasteiger charge is 2.39. The van der Waals surface area contributed by atoms with Crippen molar-refractivity contribution in [2.45, 2.75) is 256 Å². The van der Waals surface area contributed by atoms with Gasteiger partial charge < -0.3 is 5.11 Å². The van der Waals surface area contributed by atoms with Gasteiger partial charge in [0.05, 0.1) is 0 Å². The van der Waals surface area contributed by atoms with Crippen LogP contribution in [0.15, 0.2) is 0 Å². The van der Waals surface area contributed by atoms with E-state index in [1.165, 1.54) is 225 Å². The molecule has 0 heterocycles. The molecular weight excluding hydrogens is 669 g/mol. The van der Waals surface area contributed by atoms with Gasteiger partial charge in [-0.1, -0.05) is 233 Å². The average molecular weight is 759 g/mol. The minimum atomic E-state index is -0.669. The lowest BCUT2D eigenvalue weighted by atomic mass is 10.0. The van der Waals surface area contributed by atoms with Crippen LogP contribution >= 0.6 is 35.3 Å². The standard InChI is InChI=1S/C45H90O2S3/c1-4-7-10-13-16-19-22-23-24-25-26-27-30-33-36-39-42-50-45(44(46)47,49-41-38-35-32-29-21-18-15-12-9-6-3)43-48-40-37-34-31-28-20-17-14-11-8-5-2/h4-43H2,1-3H3,(H,46,47). The molecule has 50 heavy (non-hydrogen) atoms. The number of unbranched alkanes of at least 4 members (excludes halogenated alkanes) is 33. The fourth-order valence-corrected chi connectivity index (χ4v) is 11.5. The Morgan fingerprint density at radius 1 is 0.360 bits per heavy atom. The van der Waals surface area contributed by atoms with E-state index < -0.39 is 10.0 Å². The van der Waals surface area contributed by atoms with Gasteiger partial charge >= 0.3 is 5.97 Å². The van der Waals surface area contributed by atoms with Crippen LogP contribution in [0.25, 0.3) is 0 Å². The number of carboxylic acids is 1. The smallest absolute Gasteiger partial charge is 0.330 e. The van der Waals surface area contributed by atoms with Crippen molar-refractivity contribution in [3.8, 4) is 0 Å². The highest BCUT2D eigenvalue weighted by Crippen LogP contribution is 2.42. The van der Waals surface area contributed by atoms with Gasteiger partial charge in [-0.05, 0) is 36.5 Å². The monoisotopic (exact) mass is 759 g/mol. The van der Waals surface area contributed by atoms with Crippen LogP contribution in [0.4, 0.5) is 0 Å². The lowest BCUT2D eigenvalue weighted by molar-refractivity contribution is -0.136. The molecule has 300 valence electrons. The van der Waals surface area contributed by atoms with Crippen LogP contribution in [-0.4, -0.2) is 38.2 Å². The number of rotatable bonds is 44. The molecule has 1 unspecified atom stereocenters. The number of aliphatic carboxylic acids is 1. The zero-order valence-electron chi connectivity index (χ0n) is 34.4. The molecule has 1 N–H and O–H groups in total. The summed E-state index contributed by atoms with van der Waals surface area (Å²) in [5.74, 6) is 3.28. The Hall–Kier alpha value is 0.520. The molecule has 0 aliphatic heterocycles. The second-order valence-electron chi connectivity index (χ2n) is 15.5. The average Bonchev–Trinajstić information content (AvgIpc) is 3.11. The van der Waals surface area contributed by atoms with Crippen molar-refractivity contribution in [1.29, 1.82) is 0 Å². The maximum Gasteiger partial charge on any atom is 0.330 e. The maximum absolute atomic E-state index is 12.8. The van der Waals surface area contributed by atoms with E-state index in [4.69, 9.17) is 0 Å². The van der Waals surface area contributed by atoms with E-state index in [0.717, 1.165) is 29.4 Å². The van der Waals surface area contributed by atoms with E-state index in [1.807, 2.05) is 11.8 Å². The summed E-state index contributed by atoms with van der Waals surface area (Å²) in [7, 11) is 0. The zero-order valence-corrected chi connectivity index (χ0v) is 36.8. The lowest BCUT2D eigenvalue weighted by Crippen LogP contribution is -2.35. The summed E-state index contributed by atoms with van der Waals surface area (Å²) in [5, 5.41) is 10.5. The number of carbonyl (C=O) groups is 1. The molecule has 0 amide bonds. The summed E-state index contributed by atoms with van der Waals surface area (Å²) in [5.41, 5.74) is 0. The molecule has 0 saturated heterocycles. The fraction of sp³-hybridized carbons (Fsp3) is 0.978. The van der Waals surface area contributed by atoms with Crippen LogP contribution in [0.2, 0.25) is 0 Å². The van der Waals surface area contributed by atoms with Crippen molar-refractivity contribution in [3.63, 3.8) is 0 Å². The fourth-order valence-electron chi connectivity index (χ4n) is 6.92. The Morgan fingerprint density at radius 2 is 0.580 bits per heavy atom. The van der Waals surface area contributed by atoms with Gasteiger partial charge in [0.15, 0.2) is 4.08 Å². The van der Waals surface area contributed by atoms with Crippen LogP contribution in [0.5, 0.6) is 0 Å². The first kappa shape index (κ1) is 50.5. The first-order valence-corrected chi connectivity index (χ1v) is 25.8. The Labute approximate surface area is 328 Å². The predicted molar refractivity (Wildman–Crippen MR) is 236 cm³/mol. The minimum Gasteiger partial charge on any atom is -0.480 e. The first-order chi connectivity index (χ1) is 24.6. The molecule has 0 bridgehead atoms. The van der Waals surface area contributed by atoms with E-state index in [1.54, 1.807) is 23.5 Å². The van der Waals surface area contributed by atoms with Crippen molar-refractivity contribution in [1.82, 2.24) is 0 Å². The second-order valence-corrected chi connectivity index (χ2v) is 19.6. The zero-order chi connectivity index (χ0) is 36.5. The molecule has 0 saturated carbocycles. The molecule has 2 nitrogen and oxygen atoms in total. The third kappa shape index (κ3) is 35.5. The van der Waals surface area contributed by atoms with Gasteiger partial charge in [-0.3, -0.25) is 0 Å². The molecule has 0 radical (unpaired) electrons. The third-order valence-corrected chi connectivity index (χ3v) is 15.3. The molecule has 1 atom stereocenters. The van der Waals surface area contributed by atoms with E-state index in [9.17, 15) is 9.90 Å². The molecule has 0 aromatic heterocycles. The molecule has 0 aliphatic rings. The summed E-state index contributed by atoms with van der Waals surface area (Å²) in [4.78, 5) is 12.8. The summed E-state index contributed by atoms with van der Waals surface area (Å²) in [6, 6.07) is 0. The lowest BCUT2D eigenvalue weighted by Gasteiger charge is -2.28. The van der Waals surface area contributed by atoms with Crippen LogP contribution in [0.1, 0.15) is 252 Å². The Morgan fingerprint density at radius 3 is 0.820 bits per heavy atom. The van der Waals surface area contributed by atoms with Crippen molar-refractivity contribution < 1.29 is 9.90 Å². The third-order valence-electron chi connectivity index (χ3n) is 10.4. The van der Waals surface area contributed by atoms with E-state index in [2.05, 4.69) is 20.8 Å². The molecule has 0 aromatic carbocycles. The molecule has 0 fully saturated rings. The van der Waals surface area contributed by atoms with Gasteiger partial charge in [0.25, 0.3) is 0 Å². The largest absolute Gasteiger partial charge is 0.480 e. The summed E-state index contributed by atoms with van der Waals surface area (Å²) >= 11 is 5.45. The van der Waals surface area contributed by atoms with E-state index in [-0.39, 0.29) is 0 Å². The van der Waals surface area contributed by atoms with Gasteiger partial charge in [0.1, 0.15) is 0 Å². The molecule has 0 aromatic rings. The predicted octanol–water partition coefficient (Wildman–Crippen LogP) is 17.1. The first-order valence-electron chi connectivity index (χ1n) is 22.7.